The molecule has 0 heterocycles. The quantitative estimate of drug-likeness (QED) is 0.339. The number of rotatable bonds is 4. The van der Waals surface area contributed by atoms with Crippen LogP contribution in [0.4, 0.5) is 0 Å². The fourth-order valence-corrected chi connectivity index (χ4v) is 1.54. The summed E-state index contributed by atoms with van der Waals surface area (Å²) in [5.41, 5.74) is 0. The molecule has 0 aromatic rings. The summed E-state index contributed by atoms with van der Waals surface area (Å²) in [4.78, 5) is 0. The molecule has 0 aliphatic heterocycles. The molecule has 0 unspecified atom stereocenters. The Bertz CT molecular complexity index is 55.2. The van der Waals surface area contributed by atoms with Crippen LogP contribution < -0.4 is 0 Å². The van der Waals surface area contributed by atoms with Crippen molar-refractivity contribution in [3.05, 3.63) is 12.0 Å². The van der Waals surface area contributed by atoms with Crippen LogP contribution in [-0.2, 0) is 0 Å². The molecule has 0 rings (SSSR count). The molecule has 0 spiro atoms. The van der Waals surface area contributed by atoms with E-state index in [2.05, 4.69) is 18.8 Å². The summed E-state index contributed by atoms with van der Waals surface area (Å²) in [6.07, 6.45) is 0. The Morgan fingerprint density at radius 2 is 2.29 bits per heavy atom. The van der Waals surface area contributed by atoms with E-state index in [1.807, 2.05) is 5.41 Å². The highest BCUT2D eigenvalue weighted by atomic mass is 32.2. The van der Waals surface area contributed by atoms with Crippen LogP contribution >= 0.6 is 35.4 Å². The lowest BCUT2D eigenvalue weighted by molar-refractivity contribution is 2.69. The zero-order valence-electron chi connectivity index (χ0n) is 3.79. The third kappa shape index (κ3) is 6.59. The lowest BCUT2D eigenvalue weighted by atomic mass is 10.7. The summed E-state index contributed by atoms with van der Waals surface area (Å²) in [5, 5.41) is 1.81. The number of hydrogen-bond acceptors (Lipinski definition) is 3. The number of hydrogen-bond donors (Lipinski definition) is 0. The van der Waals surface area contributed by atoms with Gasteiger partial charge in [0.25, 0.3) is 5.84 Å². The highest BCUT2D eigenvalue weighted by Gasteiger charge is 1.80. The molecule has 38 valence electrons. The van der Waals surface area contributed by atoms with Crippen LogP contribution in [0.15, 0.2) is 12.0 Å². The topological polar surface area (TPSA) is 0 Å². The van der Waals surface area contributed by atoms with Crippen LogP contribution in [0.1, 0.15) is 0 Å². The normalized spacial score (nSPS) is 7.43. The zero-order valence-corrected chi connectivity index (χ0v) is 6.24. The second-order valence-corrected chi connectivity index (χ2v) is 3.43. The summed E-state index contributed by atoms with van der Waals surface area (Å²) in [5.74, 6) is 0.993. The maximum Gasteiger partial charge on any atom is 0.268 e. The van der Waals surface area contributed by atoms with E-state index in [9.17, 15) is 0 Å². The Morgan fingerprint density at radius 3 is 2.71 bits per heavy atom. The molecule has 0 bridgehead atoms. The van der Waals surface area contributed by atoms with E-state index in [0.29, 0.717) is 0 Å². The van der Waals surface area contributed by atoms with Crippen LogP contribution in [-0.4, -0.2) is 10.5 Å². The first-order chi connectivity index (χ1) is 3.41. The van der Waals surface area contributed by atoms with Gasteiger partial charge in [0.2, 0.25) is 0 Å². The van der Waals surface area contributed by atoms with Crippen molar-refractivity contribution in [2.24, 2.45) is 0 Å². The van der Waals surface area contributed by atoms with Gasteiger partial charge >= 0.3 is 0 Å². The van der Waals surface area contributed by atoms with E-state index in [1.54, 1.807) is 27.9 Å². The first-order valence-electron chi connectivity index (χ1n) is 1.69. The molecule has 0 saturated heterocycles. The van der Waals surface area contributed by atoms with E-state index in [1.165, 1.54) is 0 Å². The van der Waals surface area contributed by atoms with Crippen LogP contribution in [0.2, 0.25) is 0 Å². The monoisotopic (exact) mass is 148 g/mol. The van der Waals surface area contributed by atoms with Gasteiger partial charge in [0.05, 0.1) is 0 Å². The molecule has 0 fully saturated rings. The van der Waals surface area contributed by atoms with E-state index in [0.717, 1.165) is 5.84 Å². The van der Waals surface area contributed by atoms with Gasteiger partial charge in [-0.2, -0.15) is 23.2 Å². The summed E-state index contributed by atoms with van der Waals surface area (Å²) >= 11 is 7.83. The third-order valence-corrected chi connectivity index (χ3v) is 2.19. The van der Waals surface area contributed by atoms with Gasteiger partial charge in [-0.1, -0.05) is 18.8 Å². The molecule has 0 aliphatic rings. The summed E-state index contributed by atoms with van der Waals surface area (Å²) in [7, 11) is 0. The largest absolute Gasteiger partial charge is 0.268 e. The molecular formula is C3H5BS3. The van der Waals surface area contributed by atoms with Gasteiger partial charge in [0.1, 0.15) is 0 Å². The minimum absolute atomic E-state index is 0.993. The molecule has 0 amide bonds. The molecule has 0 saturated carbocycles. The smallest absolute Gasteiger partial charge is 0.173 e. The molecule has 4 heteroatoms. The van der Waals surface area contributed by atoms with Gasteiger partial charge in [0, 0.05) is 4.70 Å². The van der Waals surface area contributed by atoms with E-state index in [4.69, 9.17) is 0 Å². The Morgan fingerprint density at radius 1 is 1.57 bits per heavy atom. The maximum absolute atomic E-state index is 4.56. The van der Waals surface area contributed by atoms with Gasteiger partial charge in [0.15, 0.2) is 0 Å². The molecule has 0 nitrogen and oxygen atoms in total. The van der Waals surface area contributed by atoms with Crippen molar-refractivity contribution in [3.63, 3.8) is 0 Å². The van der Waals surface area contributed by atoms with Crippen molar-refractivity contribution < 1.29 is 0 Å². The van der Waals surface area contributed by atoms with Crippen LogP contribution in [0.5, 0.6) is 0 Å². The lowest BCUT2D eigenvalue weighted by Crippen LogP contribution is -1.66. The first kappa shape index (κ1) is 7.59. The second-order valence-electron chi connectivity index (χ2n) is 0.714. The lowest BCUT2D eigenvalue weighted by Gasteiger charge is -1.80. The minimum Gasteiger partial charge on any atom is -0.173 e. The van der Waals surface area contributed by atoms with Gasteiger partial charge in [-0.3, -0.25) is 0 Å². The highest BCUT2D eigenvalue weighted by molar-refractivity contribution is 8.57. The molecule has 0 aliphatic carbocycles. The maximum atomic E-state index is 4.56. The molecule has 0 atom stereocenters. The minimum atomic E-state index is 0.993. The van der Waals surface area contributed by atoms with Crippen LogP contribution in [0.3, 0.4) is 0 Å². The fourth-order valence-electron chi connectivity index (χ4n) is 0.115. The third-order valence-electron chi connectivity index (χ3n) is 0.322. The van der Waals surface area contributed by atoms with Crippen molar-refractivity contribution in [2.75, 3.05) is 0 Å². The standard InChI is InChI=1S/C3H5BS3/c1-2-6-4-7-3-5/h2-4H,1H2. The molecule has 0 aromatic carbocycles. The predicted molar refractivity (Wildman–Crippen MR) is 46.2 cm³/mol. The van der Waals surface area contributed by atoms with Gasteiger partial charge < -0.3 is 0 Å². The fraction of sp³-hybridized carbons (Fsp3) is 0. The van der Waals surface area contributed by atoms with E-state index < -0.39 is 0 Å². The highest BCUT2D eigenvalue weighted by Crippen LogP contribution is 2.04. The Balaban J connectivity index is 2.68. The molecule has 0 aromatic heterocycles. The average Bonchev–Trinajstić information content (AvgIpc) is 1.69. The predicted octanol–water partition coefficient (Wildman–Crippen LogP) is 1.82. The van der Waals surface area contributed by atoms with Crippen molar-refractivity contribution in [2.45, 2.75) is 0 Å². The Hall–Kier alpha value is 0.595. The van der Waals surface area contributed by atoms with Crippen molar-refractivity contribution in [1.29, 1.82) is 0 Å². The van der Waals surface area contributed by atoms with Crippen molar-refractivity contribution in [3.8, 4) is 0 Å². The molecule has 0 radical (unpaired) electrons. The average molecular weight is 148 g/mol. The van der Waals surface area contributed by atoms with Crippen LogP contribution in [0.25, 0.3) is 0 Å². The van der Waals surface area contributed by atoms with E-state index in [-0.39, 0.29) is 0 Å². The Labute approximate surface area is 58.2 Å². The van der Waals surface area contributed by atoms with E-state index >= 15 is 0 Å². The summed E-state index contributed by atoms with van der Waals surface area (Å²) in [6, 6.07) is 0. The van der Waals surface area contributed by atoms with Gasteiger partial charge in [-0.25, -0.2) is 0 Å². The molecule has 0 N–H and O–H groups in total. The zero-order chi connectivity index (χ0) is 5.54. The molecular weight excluding hydrogens is 143 g/mol. The van der Waals surface area contributed by atoms with Crippen LogP contribution in [0, 0.1) is 0 Å². The second kappa shape index (κ2) is 6.59. The summed E-state index contributed by atoms with van der Waals surface area (Å²) < 4.78 is 1.66. The van der Waals surface area contributed by atoms with Gasteiger partial charge in [-0.05, 0) is 5.41 Å². The molecule has 7 heavy (non-hydrogen) atoms. The summed E-state index contributed by atoms with van der Waals surface area (Å²) in [6.45, 7) is 3.53. The van der Waals surface area contributed by atoms with Crippen molar-refractivity contribution in [1.82, 2.24) is 0 Å². The van der Waals surface area contributed by atoms with Crippen molar-refractivity contribution >= 4 is 46.0 Å². The van der Waals surface area contributed by atoms with Gasteiger partial charge in [-0.15, -0.1) is 0 Å². The first-order valence-corrected chi connectivity index (χ1v) is 4.26. The Kier molecular flexibility index (Phi) is 7.16. The SMILES string of the molecule is C=CSBSC=S. The number of thiocarbonyl (C=S) groups is 1.